The number of aromatic nitrogens is 1. The number of rotatable bonds is 3. The van der Waals surface area contributed by atoms with Crippen LogP contribution in [0.25, 0.3) is 10.9 Å². The topological polar surface area (TPSA) is 19.0 Å². The number of aromatic amines is 1. The van der Waals surface area contributed by atoms with Gasteiger partial charge in [-0.25, -0.2) is 0 Å². The van der Waals surface area contributed by atoms with Gasteiger partial charge in [0.25, 0.3) is 0 Å². The lowest BCUT2D eigenvalue weighted by Crippen LogP contribution is -2.14. The van der Waals surface area contributed by atoms with Crippen molar-refractivity contribution >= 4 is 23.3 Å². The Bertz CT molecular complexity index is 566. The van der Waals surface area contributed by atoms with Crippen LogP contribution in [0.2, 0.25) is 0 Å². The number of benzene rings is 1. The second-order valence-corrected chi connectivity index (χ2v) is 3.38. The van der Waals surface area contributed by atoms with Gasteiger partial charge in [-0.05, 0) is 32.1 Å². The predicted molar refractivity (Wildman–Crippen MR) is 67.8 cm³/mol. The Morgan fingerprint density at radius 1 is 1.33 bits per heavy atom. The number of likely N-dealkylation sites (N-methyl/N-ethyl adjacent to an activating group) is 1. The minimum atomic E-state index is -2.10. The smallest absolute Gasteiger partial charge is 0.0456 e. The summed E-state index contributed by atoms with van der Waals surface area (Å²) in [5, 5.41) is 0.716. The minimum absolute atomic E-state index is 0. The fourth-order valence-corrected chi connectivity index (χ4v) is 1.35. The summed E-state index contributed by atoms with van der Waals surface area (Å²) in [5.41, 5.74) is 1.16. The molecule has 1 aromatic carbocycles. The molecule has 0 unspecified atom stereocenters. The van der Waals surface area contributed by atoms with Crippen molar-refractivity contribution in [1.82, 2.24) is 9.88 Å². The summed E-state index contributed by atoms with van der Waals surface area (Å²) in [6.07, 6.45) is -0.553. The first-order valence-corrected chi connectivity index (χ1v) is 4.52. The molecule has 0 aliphatic carbocycles. The van der Waals surface area contributed by atoms with Gasteiger partial charge in [0.15, 0.2) is 0 Å². The van der Waals surface area contributed by atoms with Crippen molar-refractivity contribution in [2.45, 2.75) is 6.37 Å². The number of aryl methyl sites for hydroxylation is 1. The first kappa shape index (κ1) is 7.31. The van der Waals surface area contributed by atoms with Crippen molar-refractivity contribution in [2.75, 3.05) is 20.6 Å². The van der Waals surface area contributed by atoms with E-state index in [0.717, 1.165) is 5.52 Å². The van der Waals surface area contributed by atoms with Crippen molar-refractivity contribution in [3.8, 4) is 0 Å². The third-order valence-corrected chi connectivity index (χ3v) is 2.00. The second kappa shape index (κ2) is 5.19. The lowest BCUT2D eigenvalue weighted by Gasteiger charge is -2.07. The average molecular weight is 229 g/mol. The standard InChI is InChI=1S/C12H16N2.ClH/c1-14(2)8-7-10-9-13-12-6-4-3-5-11(10)12;/h3-6,9,13H,7-8H2,1-2H3;1H/i7D2,8D2;. The van der Waals surface area contributed by atoms with E-state index in [1.807, 2.05) is 18.2 Å². The van der Waals surface area contributed by atoms with Gasteiger partial charge in [0.05, 0.1) is 0 Å². The zero-order valence-electron chi connectivity index (χ0n) is 12.7. The Morgan fingerprint density at radius 2 is 2.07 bits per heavy atom. The van der Waals surface area contributed by atoms with Crippen LogP contribution in [0, 0.1) is 0 Å². The zero-order chi connectivity index (χ0) is 13.6. The minimum Gasteiger partial charge on any atom is -0.361 e. The molecule has 0 radical (unpaired) electrons. The third-order valence-electron chi connectivity index (χ3n) is 2.00. The van der Waals surface area contributed by atoms with Crippen molar-refractivity contribution in [3.63, 3.8) is 0 Å². The number of fused-ring (bicyclic) bond motifs is 1. The molecular formula is C12H17ClN2. The molecule has 82 valence electrons. The molecule has 1 heterocycles. The largest absolute Gasteiger partial charge is 0.361 e. The molecule has 15 heavy (non-hydrogen) atoms. The van der Waals surface area contributed by atoms with E-state index in [-0.39, 0.29) is 12.4 Å². The molecule has 0 amide bonds. The van der Waals surface area contributed by atoms with Crippen molar-refractivity contribution < 1.29 is 5.48 Å². The third kappa shape index (κ3) is 2.74. The molecular weight excluding hydrogens is 208 g/mol. The molecule has 1 aromatic heterocycles. The highest BCUT2D eigenvalue weighted by molar-refractivity contribution is 5.85. The van der Waals surface area contributed by atoms with Gasteiger partial charge in [0.2, 0.25) is 0 Å². The maximum absolute atomic E-state index is 8.13. The van der Waals surface area contributed by atoms with Gasteiger partial charge in [-0.15, -0.1) is 12.4 Å². The van der Waals surface area contributed by atoms with Gasteiger partial charge >= 0.3 is 0 Å². The Labute approximate surface area is 102 Å². The van der Waals surface area contributed by atoms with Crippen LogP contribution in [0.5, 0.6) is 0 Å². The Balaban J connectivity index is 0.00000180. The van der Waals surface area contributed by atoms with Crippen LogP contribution >= 0.6 is 12.4 Å². The molecule has 2 nitrogen and oxygen atoms in total. The normalized spacial score (nSPS) is 16.5. The predicted octanol–water partition coefficient (Wildman–Crippen LogP) is 2.69. The second-order valence-electron chi connectivity index (χ2n) is 3.38. The maximum Gasteiger partial charge on any atom is 0.0456 e. The van der Waals surface area contributed by atoms with Crippen LogP contribution in [0.3, 0.4) is 0 Å². The number of hydrogen-bond acceptors (Lipinski definition) is 1. The molecule has 1 N–H and O–H groups in total. The van der Waals surface area contributed by atoms with Gasteiger partial charge in [0.1, 0.15) is 0 Å². The molecule has 0 spiro atoms. The van der Waals surface area contributed by atoms with Gasteiger partial charge in [0, 0.05) is 29.1 Å². The number of halogens is 1. The van der Waals surface area contributed by atoms with Gasteiger partial charge < -0.3 is 9.88 Å². The fraction of sp³-hybridized carbons (Fsp3) is 0.333. The molecule has 2 rings (SSSR count). The molecule has 0 saturated heterocycles. The number of H-pyrrole nitrogens is 1. The molecule has 0 fully saturated rings. The van der Waals surface area contributed by atoms with Crippen molar-refractivity contribution in [2.24, 2.45) is 0 Å². The van der Waals surface area contributed by atoms with Gasteiger partial charge in [-0.1, -0.05) is 18.2 Å². The monoisotopic (exact) mass is 228 g/mol. The first-order valence-electron chi connectivity index (χ1n) is 6.52. The van der Waals surface area contributed by atoms with Gasteiger partial charge in [-0.3, -0.25) is 0 Å². The summed E-state index contributed by atoms with van der Waals surface area (Å²) < 4.78 is 32.1. The summed E-state index contributed by atoms with van der Waals surface area (Å²) >= 11 is 0. The lowest BCUT2D eigenvalue weighted by atomic mass is 10.1. The molecule has 2 aromatic rings. The van der Waals surface area contributed by atoms with E-state index in [1.165, 1.54) is 19.0 Å². The summed E-state index contributed by atoms with van der Waals surface area (Å²) in [7, 11) is 3.07. The highest BCUT2D eigenvalue weighted by Crippen LogP contribution is 2.17. The number of hydrogen-bond donors (Lipinski definition) is 1. The summed E-state index contributed by atoms with van der Waals surface area (Å²) in [5.74, 6) is 0. The average Bonchev–Trinajstić information content (AvgIpc) is 2.72. The van der Waals surface area contributed by atoms with E-state index < -0.39 is 12.9 Å². The number of para-hydroxylation sites is 1. The highest BCUT2D eigenvalue weighted by atomic mass is 35.5. The van der Waals surface area contributed by atoms with E-state index >= 15 is 0 Å². The Kier molecular flexibility index (Phi) is 2.53. The van der Waals surface area contributed by atoms with E-state index in [2.05, 4.69) is 4.98 Å². The van der Waals surface area contributed by atoms with Gasteiger partial charge in [-0.2, -0.15) is 0 Å². The highest BCUT2D eigenvalue weighted by Gasteiger charge is 2.02. The van der Waals surface area contributed by atoms with E-state index in [9.17, 15) is 0 Å². The summed E-state index contributed by atoms with van der Waals surface area (Å²) in [6, 6.07) is 7.32. The van der Waals surface area contributed by atoms with Crippen LogP contribution in [0.15, 0.2) is 30.5 Å². The molecule has 3 heteroatoms. The first-order chi connectivity index (χ1) is 8.28. The summed E-state index contributed by atoms with van der Waals surface area (Å²) in [6.45, 7) is -2.09. The Morgan fingerprint density at radius 3 is 2.80 bits per heavy atom. The van der Waals surface area contributed by atoms with Crippen molar-refractivity contribution in [1.29, 1.82) is 0 Å². The summed E-state index contributed by atoms with van der Waals surface area (Å²) in [4.78, 5) is 4.24. The van der Waals surface area contributed by atoms with Crippen LogP contribution in [0.1, 0.15) is 11.0 Å². The molecule has 0 aliphatic rings. The quantitative estimate of drug-likeness (QED) is 0.856. The van der Waals surface area contributed by atoms with Crippen LogP contribution < -0.4 is 0 Å². The number of nitrogens with one attached hydrogen (secondary N) is 1. The van der Waals surface area contributed by atoms with E-state index in [0.29, 0.717) is 10.9 Å². The number of nitrogens with zero attached hydrogens (tertiary/aromatic N) is 1. The van der Waals surface area contributed by atoms with E-state index in [1.54, 1.807) is 12.3 Å². The van der Waals surface area contributed by atoms with Crippen LogP contribution in [0.4, 0.5) is 0 Å². The van der Waals surface area contributed by atoms with Crippen LogP contribution in [-0.2, 0) is 6.37 Å². The SMILES string of the molecule is Cl.[2H]C([2H])(c1c[nH]c2ccccc12)C([2H])([2H])N(C)C. The molecule has 0 aliphatic heterocycles. The molecule has 0 bridgehead atoms. The fourth-order valence-electron chi connectivity index (χ4n) is 1.35. The molecule has 0 atom stereocenters. The maximum atomic E-state index is 8.13. The zero-order valence-corrected chi connectivity index (χ0v) is 9.56. The van der Waals surface area contributed by atoms with Crippen molar-refractivity contribution in [3.05, 3.63) is 36.0 Å². The Hall–Kier alpha value is -0.990. The molecule has 0 saturated carbocycles. The van der Waals surface area contributed by atoms with Crippen LogP contribution in [-0.4, -0.2) is 30.5 Å². The lowest BCUT2D eigenvalue weighted by molar-refractivity contribution is 0.414. The van der Waals surface area contributed by atoms with E-state index in [4.69, 9.17) is 5.48 Å².